The van der Waals surface area contributed by atoms with Crippen LogP contribution in [0.1, 0.15) is 19.4 Å². The first-order chi connectivity index (χ1) is 7.94. The molecule has 0 saturated heterocycles. The highest BCUT2D eigenvalue weighted by Gasteiger charge is 2.30. The van der Waals surface area contributed by atoms with Crippen LogP contribution in [0.5, 0.6) is 11.5 Å². The molecular formula is C12H15BO4. The summed E-state index contributed by atoms with van der Waals surface area (Å²) in [6.45, 7) is 3.80. The van der Waals surface area contributed by atoms with Crippen LogP contribution < -0.4 is 14.9 Å². The Hall–Kier alpha value is -1.46. The first-order valence-corrected chi connectivity index (χ1v) is 5.40. The van der Waals surface area contributed by atoms with Gasteiger partial charge in [-0.3, -0.25) is 0 Å². The zero-order chi connectivity index (χ0) is 12.6. The van der Waals surface area contributed by atoms with E-state index in [1.54, 1.807) is 6.07 Å². The van der Waals surface area contributed by atoms with Crippen LogP contribution in [-0.2, 0) is 0 Å². The van der Waals surface area contributed by atoms with E-state index in [1.165, 1.54) is 7.11 Å². The Labute approximate surface area is 101 Å². The predicted octanol–water partition coefficient (Wildman–Crippen LogP) is 0.559. The van der Waals surface area contributed by atoms with E-state index < -0.39 is 12.7 Å². The van der Waals surface area contributed by atoms with Crippen molar-refractivity contribution in [2.75, 3.05) is 7.11 Å². The van der Waals surface area contributed by atoms with Crippen molar-refractivity contribution in [1.82, 2.24) is 0 Å². The smallest absolute Gasteiger partial charge is 0.496 e. The Bertz CT molecular complexity index is 466. The average Bonchev–Trinajstić information content (AvgIpc) is 2.25. The summed E-state index contributed by atoms with van der Waals surface area (Å²) in [5, 5.41) is 18.9. The van der Waals surface area contributed by atoms with Crippen LogP contribution in [0.3, 0.4) is 0 Å². The van der Waals surface area contributed by atoms with Gasteiger partial charge in [0.2, 0.25) is 0 Å². The molecule has 0 fully saturated rings. The van der Waals surface area contributed by atoms with E-state index in [0.29, 0.717) is 11.5 Å². The first kappa shape index (κ1) is 12.0. The molecule has 2 rings (SSSR count). The minimum absolute atomic E-state index is 0.266. The molecule has 0 bridgehead atoms. The molecule has 2 N–H and O–H groups in total. The van der Waals surface area contributed by atoms with Gasteiger partial charge in [-0.1, -0.05) is 6.08 Å². The maximum atomic E-state index is 9.43. The molecule has 1 aromatic rings. The lowest BCUT2D eigenvalue weighted by atomic mass is 9.77. The summed E-state index contributed by atoms with van der Waals surface area (Å²) in [6.07, 6.45) is 3.83. The second kappa shape index (κ2) is 4.09. The summed E-state index contributed by atoms with van der Waals surface area (Å²) in [6, 6.07) is 3.52. The monoisotopic (exact) mass is 234 g/mol. The van der Waals surface area contributed by atoms with E-state index in [1.807, 2.05) is 32.1 Å². The van der Waals surface area contributed by atoms with Crippen LogP contribution in [0.4, 0.5) is 0 Å². The summed E-state index contributed by atoms with van der Waals surface area (Å²) in [4.78, 5) is 0. The molecule has 0 atom stereocenters. The molecule has 90 valence electrons. The normalized spacial score (nSPS) is 16.1. The number of hydrogen-bond donors (Lipinski definition) is 2. The number of benzene rings is 1. The molecule has 17 heavy (non-hydrogen) atoms. The zero-order valence-electron chi connectivity index (χ0n) is 10.1. The maximum Gasteiger partial charge on any atom is 0.496 e. The van der Waals surface area contributed by atoms with Crippen molar-refractivity contribution in [3.63, 3.8) is 0 Å². The Morgan fingerprint density at radius 1 is 1.29 bits per heavy atom. The third kappa shape index (κ3) is 2.16. The highest BCUT2D eigenvalue weighted by Crippen LogP contribution is 2.32. The van der Waals surface area contributed by atoms with E-state index in [-0.39, 0.29) is 5.46 Å². The number of hydrogen-bond acceptors (Lipinski definition) is 4. The summed E-state index contributed by atoms with van der Waals surface area (Å²) < 4.78 is 10.9. The molecule has 1 aliphatic heterocycles. The molecule has 0 saturated carbocycles. The molecule has 0 radical (unpaired) electrons. The molecule has 5 heteroatoms. The molecule has 0 spiro atoms. The van der Waals surface area contributed by atoms with Crippen molar-refractivity contribution in [3.8, 4) is 11.5 Å². The predicted molar refractivity (Wildman–Crippen MR) is 66.6 cm³/mol. The first-order valence-electron chi connectivity index (χ1n) is 5.40. The lowest BCUT2D eigenvalue weighted by Crippen LogP contribution is -2.38. The van der Waals surface area contributed by atoms with Gasteiger partial charge < -0.3 is 19.5 Å². The topological polar surface area (TPSA) is 58.9 Å². The van der Waals surface area contributed by atoms with Crippen molar-refractivity contribution in [1.29, 1.82) is 0 Å². The van der Waals surface area contributed by atoms with Crippen molar-refractivity contribution >= 4 is 18.7 Å². The molecule has 0 unspecified atom stereocenters. The van der Waals surface area contributed by atoms with E-state index in [9.17, 15) is 10.0 Å². The van der Waals surface area contributed by atoms with Gasteiger partial charge in [0.15, 0.2) is 0 Å². The third-order valence-corrected chi connectivity index (χ3v) is 2.69. The number of ether oxygens (including phenoxy) is 2. The molecule has 1 aromatic carbocycles. The van der Waals surface area contributed by atoms with Gasteiger partial charge in [0.25, 0.3) is 0 Å². The second-order valence-corrected chi connectivity index (χ2v) is 4.51. The summed E-state index contributed by atoms with van der Waals surface area (Å²) >= 11 is 0. The lowest BCUT2D eigenvalue weighted by Gasteiger charge is -2.30. The van der Waals surface area contributed by atoms with Crippen LogP contribution in [-0.4, -0.2) is 29.9 Å². The van der Waals surface area contributed by atoms with Crippen molar-refractivity contribution < 1.29 is 19.5 Å². The molecule has 1 heterocycles. The van der Waals surface area contributed by atoms with Crippen molar-refractivity contribution in [2.24, 2.45) is 0 Å². The second-order valence-electron chi connectivity index (χ2n) is 4.51. The van der Waals surface area contributed by atoms with Gasteiger partial charge in [-0.05, 0) is 32.1 Å². The number of methoxy groups -OCH3 is 1. The Morgan fingerprint density at radius 3 is 2.59 bits per heavy atom. The minimum atomic E-state index is -1.62. The molecule has 1 aliphatic rings. The fourth-order valence-electron chi connectivity index (χ4n) is 1.85. The maximum absolute atomic E-state index is 9.43. The Morgan fingerprint density at radius 2 is 2.00 bits per heavy atom. The van der Waals surface area contributed by atoms with Crippen LogP contribution in [0, 0.1) is 0 Å². The fourth-order valence-corrected chi connectivity index (χ4v) is 1.85. The van der Waals surface area contributed by atoms with Gasteiger partial charge in [0.05, 0.1) is 12.6 Å². The van der Waals surface area contributed by atoms with E-state index in [0.717, 1.165) is 5.56 Å². The van der Waals surface area contributed by atoms with Gasteiger partial charge in [-0.25, -0.2) is 0 Å². The van der Waals surface area contributed by atoms with Gasteiger partial charge in [-0.2, -0.15) is 0 Å². The Kier molecular flexibility index (Phi) is 2.89. The quantitative estimate of drug-likeness (QED) is 0.734. The molecule has 4 nitrogen and oxygen atoms in total. The van der Waals surface area contributed by atoms with Crippen molar-refractivity contribution in [3.05, 3.63) is 23.8 Å². The van der Waals surface area contributed by atoms with Crippen LogP contribution in [0.25, 0.3) is 6.08 Å². The average molecular weight is 234 g/mol. The summed E-state index contributed by atoms with van der Waals surface area (Å²) in [7, 11) is -0.139. The zero-order valence-corrected chi connectivity index (χ0v) is 10.1. The molecule has 0 amide bonds. The SMILES string of the molecule is COc1ccc2c(c1B(O)O)OC(C)(C)C=C2. The highest BCUT2D eigenvalue weighted by molar-refractivity contribution is 6.61. The van der Waals surface area contributed by atoms with E-state index in [4.69, 9.17) is 9.47 Å². The summed E-state index contributed by atoms with van der Waals surface area (Å²) in [5.74, 6) is 0.872. The molecular weight excluding hydrogens is 219 g/mol. The van der Waals surface area contributed by atoms with Gasteiger partial charge in [0, 0.05) is 5.56 Å². The van der Waals surface area contributed by atoms with Gasteiger partial charge >= 0.3 is 7.12 Å². The lowest BCUT2D eigenvalue weighted by molar-refractivity contribution is 0.159. The van der Waals surface area contributed by atoms with Crippen molar-refractivity contribution in [2.45, 2.75) is 19.4 Å². The van der Waals surface area contributed by atoms with Crippen LogP contribution in [0.2, 0.25) is 0 Å². The standard InChI is InChI=1S/C12H15BO4/c1-12(2)7-6-8-4-5-9(16-3)10(13(14)15)11(8)17-12/h4-7,14-15H,1-3H3. The minimum Gasteiger partial charge on any atom is -0.497 e. The number of fused-ring (bicyclic) bond motifs is 1. The fraction of sp³-hybridized carbons (Fsp3) is 0.333. The largest absolute Gasteiger partial charge is 0.497 e. The van der Waals surface area contributed by atoms with Crippen LogP contribution in [0.15, 0.2) is 18.2 Å². The van der Waals surface area contributed by atoms with Gasteiger partial charge in [-0.15, -0.1) is 0 Å². The van der Waals surface area contributed by atoms with E-state index >= 15 is 0 Å². The Balaban J connectivity index is 2.61. The third-order valence-electron chi connectivity index (χ3n) is 2.69. The van der Waals surface area contributed by atoms with E-state index in [2.05, 4.69) is 0 Å². The molecule has 0 aromatic heterocycles. The van der Waals surface area contributed by atoms with Gasteiger partial charge in [0.1, 0.15) is 17.1 Å². The molecule has 0 aliphatic carbocycles. The van der Waals surface area contributed by atoms with Crippen LogP contribution >= 0.6 is 0 Å². The highest BCUT2D eigenvalue weighted by atomic mass is 16.5. The number of rotatable bonds is 2. The summed E-state index contributed by atoms with van der Waals surface area (Å²) in [5.41, 5.74) is 0.610.